The minimum Gasteiger partial charge on any atom is -0.490 e. The quantitative estimate of drug-likeness (QED) is 0.683. The van der Waals surface area contributed by atoms with Gasteiger partial charge in [-0.1, -0.05) is 19.8 Å². The van der Waals surface area contributed by atoms with Gasteiger partial charge in [0.25, 0.3) is 0 Å². The molecule has 2 nitrogen and oxygen atoms in total. The van der Waals surface area contributed by atoms with Crippen LogP contribution in [0.25, 0.3) is 0 Å². The van der Waals surface area contributed by atoms with Crippen LogP contribution in [0.1, 0.15) is 32.6 Å². The van der Waals surface area contributed by atoms with E-state index in [1.165, 1.54) is 0 Å². The summed E-state index contributed by atoms with van der Waals surface area (Å²) < 4.78 is 31.2. The maximum absolute atomic E-state index is 13.2. The summed E-state index contributed by atoms with van der Waals surface area (Å²) in [4.78, 5) is 0. The summed E-state index contributed by atoms with van der Waals surface area (Å²) in [6.07, 6.45) is 4.18. The molecule has 1 rings (SSSR count). The normalized spacial score (nSPS) is 10.6. The molecule has 0 heterocycles. The molecular weight excluding hydrogens is 236 g/mol. The first-order valence-corrected chi connectivity index (χ1v) is 6.52. The predicted molar refractivity (Wildman–Crippen MR) is 68.9 cm³/mol. The maximum Gasteiger partial charge on any atom is 0.165 e. The van der Waals surface area contributed by atoms with E-state index in [1.54, 1.807) is 0 Å². The third kappa shape index (κ3) is 5.96. The number of rotatable bonds is 9. The Kier molecular flexibility index (Phi) is 7.34. The second-order valence-corrected chi connectivity index (χ2v) is 4.19. The minimum atomic E-state index is -0.511. The molecule has 0 aliphatic rings. The van der Waals surface area contributed by atoms with Crippen LogP contribution in [0.3, 0.4) is 0 Å². The van der Waals surface area contributed by atoms with E-state index in [9.17, 15) is 8.78 Å². The van der Waals surface area contributed by atoms with Gasteiger partial charge in [-0.3, -0.25) is 0 Å². The van der Waals surface area contributed by atoms with E-state index in [4.69, 9.17) is 4.74 Å². The summed E-state index contributed by atoms with van der Waals surface area (Å²) in [7, 11) is 0. The van der Waals surface area contributed by atoms with Crippen LogP contribution in [-0.2, 0) is 0 Å². The van der Waals surface area contributed by atoms with E-state index in [1.807, 2.05) is 0 Å². The van der Waals surface area contributed by atoms with Gasteiger partial charge in [0.2, 0.25) is 0 Å². The van der Waals surface area contributed by atoms with E-state index in [0.717, 1.165) is 57.0 Å². The smallest absolute Gasteiger partial charge is 0.165 e. The number of unbranched alkanes of at least 4 members (excludes halogenated alkanes) is 3. The number of hydrogen-bond acceptors (Lipinski definition) is 2. The predicted octanol–water partition coefficient (Wildman–Crippen LogP) is 3.51. The summed E-state index contributed by atoms with van der Waals surface area (Å²) in [5.74, 6) is -0.983. The van der Waals surface area contributed by atoms with Gasteiger partial charge in [0.15, 0.2) is 11.6 Å². The van der Waals surface area contributed by atoms with Crippen molar-refractivity contribution in [1.29, 1.82) is 0 Å². The van der Waals surface area contributed by atoms with Crippen LogP contribution in [0.4, 0.5) is 8.78 Å². The van der Waals surface area contributed by atoms with Crippen molar-refractivity contribution in [3.63, 3.8) is 0 Å². The third-order valence-electron chi connectivity index (χ3n) is 2.65. The van der Waals surface area contributed by atoms with Crippen LogP contribution in [0, 0.1) is 11.6 Å². The Bertz CT molecular complexity index is 345. The maximum atomic E-state index is 13.2. The van der Waals surface area contributed by atoms with Crippen LogP contribution in [-0.4, -0.2) is 19.7 Å². The van der Waals surface area contributed by atoms with Crippen LogP contribution < -0.4 is 10.1 Å². The van der Waals surface area contributed by atoms with Gasteiger partial charge in [-0.25, -0.2) is 8.78 Å². The second-order valence-electron chi connectivity index (χ2n) is 4.19. The van der Waals surface area contributed by atoms with E-state index in [-0.39, 0.29) is 5.75 Å². The first-order valence-electron chi connectivity index (χ1n) is 6.52. The van der Waals surface area contributed by atoms with Crippen molar-refractivity contribution in [2.24, 2.45) is 0 Å². The molecule has 0 aliphatic heterocycles. The van der Waals surface area contributed by atoms with Crippen molar-refractivity contribution >= 4 is 0 Å². The van der Waals surface area contributed by atoms with Crippen molar-refractivity contribution in [2.75, 3.05) is 19.7 Å². The number of ether oxygens (including phenoxy) is 1. The molecular formula is C14H21F2NO. The highest BCUT2D eigenvalue weighted by atomic mass is 19.1. The van der Waals surface area contributed by atoms with Crippen LogP contribution in [0.15, 0.2) is 18.2 Å². The Hall–Kier alpha value is -1.16. The average molecular weight is 257 g/mol. The van der Waals surface area contributed by atoms with Crippen molar-refractivity contribution in [1.82, 2.24) is 5.32 Å². The minimum absolute atomic E-state index is 0.00245. The molecule has 0 fully saturated rings. The molecule has 1 aromatic carbocycles. The molecule has 18 heavy (non-hydrogen) atoms. The van der Waals surface area contributed by atoms with Crippen LogP contribution in [0.5, 0.6) is 5.75 Å². The summed E-state index contributed by atoms with van der Waals surface area (Å²) in [5, 5.41) is 3.26. The molecule has 0 bridgehead atoms. The number of nitrogens with one attached hydrogen (secondary N) is 1. The molecule has 0 saturated carbocycles. The highest BCUT2D eigenvalue weighted by Crippen LogP contribution is 2.18. The lowest BCUT2D eigenvalue weighted by molar-refractivity contribution is 0.288. The molecule has 0 aromatic heterocycles. The highest BCUT2D eigenvalue weighted by molar-refractivity contribution is 5.24. The zero-order chi connectivity index (χ0) is 13.2. The van der Waals surface area contributed by atoms with Gasteiger partial charge in [0.1, 0.15) is 5.82 Å². The molecule has 0 radical (unpaired) electrons. The van der Waals surface area contributed by atoms with Gasteiger partial charge in [-0.15, -0.1) is 0 Å². The molecule has 0 spiro atoms. The van der Waals surface area contributed by atoms with Crippen molar-refractivity contribution in [3.8, 4) is 5.75 Å². The lowest BCUT2D eigenvalue weighted by atomic mass is 10.2. The van der Waals surface area contributed by atoms with Crippen LogP contribution in [0.2, 0.25) is 0 Å². The summed E-state index contributed by atoms with van der Waals surface area (Å²) in [6.45, 7) is 4.56. The number of hydrogen-bond donors (Lipinski definition) is 1. The van der Waals surface area contributed by atoms with Gasteiger partial charge in [0.05, 0.1) is 6.61 Å². The van der Waals surface area contributed by atoms with Crippen molar-refractivity contribution in [2.45, 2.75) is 32.6 Å². The lowest BCUT2D eigenvalue weighted by Crippen LogP contribution is -2.13. The largest absolute Gasteiger partial charge is 0.490 e. The Morgan fingerprint density at radius 3 is 2.67 bits per heavy atom. The van der Waals surface area contributed by atoms with Crippen molar-refractivity contribution < 1.29 is 13.5 Å². The molecule has 102 valence electrons. The fraction of sp³-hybridized carbons (Fsp3) is 0.571. The third-order valence-corrected chi connectivity index (χ3v) is 2.65. The Balaban J connectivity index is 2.09. The van der Waals surface area contributed by atoms with Crippen molar-refractivity contribution in [3.05, 3.63) is 29.8 Å². The Morgan fingerprint density at radius 1 is 1.11 bits per heavy atom. The molecule has 0 aliphatic carbocycles. The zero-order valence-electron chi connectivity index (χ0n) is 10.8. The Labute approximate surface area is 107 Å². The molecule has 0 atom stereocenters. The summed E-state index contributed by atoms with van der Waals surface area (Å²) in [5.41, 5.74) is 0. The summed E-state index contributed by atoms with van der Waals surface area (Å²) in [6, 6.07) is 3.25. The fourth-order valence-corrected chi connectivity index (χ4v) is 1.65. The summed E-state index contributed by atoms with van der Waals surface area (Å²) >= 11 is 0. The van der Waals surface area contributed by atoms with E-state index in [0.29, 0.717) is 6.61 Å². The van der Waals surface area contributed by atoms with Gasteiger partial charge < -0.3 is 10.1 Å². The number of halogens is 2. The second kappa shape index (κ2) is 8.86. The molecule has 0 unspecified atom stereocenters. The van der Waals surface area contributed by atoms with Crippen LogP contribution >= 0.6 is 0 Å². The topological polar surface area (TPSA) is 21.3 Å². The average Bonchev–Trinajstić information content (AvgIpc) is 2.36. The standard InChI is InChI=1S/C14H21F2NO/c1-2-17-9-5-3-4-6-10-18-14-11-12(15)7-8-13(14)16/h7-8,11,17H,2-6,9-10H2,1H3. The molecule has 0 amide bonds. The molecule has 4 heteroatoms. The SMILES string of the molecule is CCNCCCCCCOc1cc(F)ccc1F. The van der Waals surface area contributed by atoms with E-state index >= 15 is 0 Å². The van der Waals surface area contributed by atoms with Gasteiger partial charge in [-0.2, -0.15) is 0 Å². The Morgan fingerprint density at radius 2 is 1.89 bits per heavy atom. The molecule has 1 aromatic rings. The lowest BCUT2D eigenvalue weighted by Gasteiger charge is -2.07. The fourth-order valence-electron chi connectivity index (χ4n) is 1.65. The number of benzene rings is 1. The van der Waals surface area contributed by atoms with E-state index < -0.39 is 11.6 Å². The highest BCUT2D eigenvalue weighted by Gasteiger charge is 2.04. The molecule has 1 N–H and O–H groups in total. The molecule has 0 saturated heterocycles. The monoisotopic (exact) mass is 257 g/mol. The first kappa shape index (κ1) is 14.9. The van der Waals surface area contributed by atoms with Gasteiger partial charge in [0, 0.05) is 6.07 Å². The zero-order valence-corrected chi connectivity index (χ0v) is 10.8. The van der Waals surface area contributed by atoms with Gasteiger partial charge >= 0.3 is 0 Å². The first-order chi connectivity index (χ1) is 8.74. The van der Waals surface area contributed by atoms with E-state index in [2.05, 4.69) is 12.2 Å². The van der Waals surface area contributed by atoms with Gasteiger partial charge in [-0.05, 0) is 38.1 Å².